The number of halogens is 1. The highest BCUT2D eigenvalue weighted by Gasteiger charge is 2.18. The smallest absolute Gasteiger partial charge is 0.241 e. The summed E-state index contributed by atoms with van der Waals surface area (Å²) in [7, 11) is -3.56. The molecule has 0 atom stereocenters. The van der Waals surface area contributed by atoms with Crippen molar-refractivity contribution in [3.63, 3.8) is 0 Å². The average molecular weight is 405 g/mol. The maximum Gasteiger partial charge on any atom is 0.268 e. The van der Waals surface area contributed by atoms with Crippen LogP contribution < -0.4 is 0 Å². The maximum atomic E-state index is 12.5. The van der Waals surface area contributed by atoms with E-state index in [2.05, 4.69) is 16.9 Å². The maximum absolute atomic E-state index is 12.5. The van der Waals surface area contributed by atoms with Gasteiger partial charge in [0.2, 0.25) is 0 Å². The van der Waals surface area contributed by atoms with Crippen molar-refractivity contribution < 1.29 is 8.42 Å². The molecule has 1 aromatic heterocycles. The van der Waals surface area contributed by atoms with Gasteiger partial charge in [-0.05, 0) is 48.4 Å². The molecular weight excluding hydrogens is 384 g/mol. The van der Waals surface area contributed by atoms with Gasteiger partial charge in [0.1, 0.15) is 0 Å². The van der Waals surface area contributed by atoms with Crippen LogP contribution in [0.15, 0.2) is 70.8 Å². The second-order valence-electron chi connectivity index (χ2n) is 5.79. The first-order valence-corrected chi connectivity index (χ1v) is 10.4. The molecule has 0 bridgehead atoms. The average Bonchev–Trinajstić information content (AvgIpc) is 3.10. The quantitative estimate of drug-likeness (QED) is 0.217. The molecule has 3 aromatic rings. The molecule has 2 aromatic carbocycles. The molecule has 3 rings (SSSR count). The summed E-state index contributed by atoms with van der Waals surface area (Å²) in [4.78, 5) is 2.90. The second kappa shape index (κ2) is 10.0. The van der Waals surface area contributed by atoms with E-state index in [9.17, 15) is 8.42 Å². The summed E-state index contributed by atoms with van der Waals surface area (Å²) in [5, 5.41) is 4.77. The molecule has 0 aliphatic heterocycles. The summed E-state index contributed by atoms with van der Waals surface area (Å²) >= 11 is 5.90. The molecule has 6 nitrogen and oxygen atoms in total. The van der Waals surface area contributed by atoms with Crippen LogP contribution in [0.2, 0.25) is 5.02 Å². The first-order valence-electron chi connectivity index (χ1n) is 8.58. The highest BCUT2D eigenvalue weighted by molar-refractivity contribution is 7.90. The van der Waals surface area contributed by atoms with Gasteiger partial charge in [0, 0.05) is 28.1 Å². The zero-order valence-electron chi connectivity index (χ0n) is 15.0. The van der Waals surface area contributed by atoms with Crippen molar-refractivity contribution in [2.75, 3.05) is 6.54 Å². The molecule has 0 spiro atoms. The van der Waals surface area contributed by atoms with Gasteiger partial charge in [-0.25, -0.2) is 12.4 Å². The van der Waals surface area contributed by atoms with Gasteiger partial charge in [0.15, 0.2) is 0 Å². The number of nitrogens with zero attached hydrogens (tertiary/aromatic N) is 4. The van der Waals surface area contributed by atoms with Gasteiger partial charge in [0.25, 0.3) is 10.0 Å². The summed E-state index contributed by atoms with van der Waals surface area (Å²) < 4.78 is 26.3. The van der Waals surface area contributed by atoms with Gasteiger partial charge < -0.3 is 0 Å². The second-order valence-corrected chi connectivity index (χ2v) is 8.05. The Morgan fingerprint density at radius 3 is 2.52 bits per heavy atom. The lowest BCUT2D eigenvalue weighted by Crippen LogP contribution is -2.11. The van der Waals surface area contributed by atoms with Gasteiger partial charge in [-0.1, -0.05) is 54.7 Å². The number of benzene rings is 2. The molecular formula is C19H21ClN4O2S. The predicted octanol–water partition coefficient (Wildman–Crippen LogP) is 6.02. The van der Waals surface area contributed by atoms with E-state index < -0.39 is 10.0 Å². The molecule has 0 radical (unpaired) electrons. The van der Waals surface area contributed by atoms with Crippen LogP contribution in [0.1, 0.15) is 26.2 Å². The van der Waals surface area contributed by atoms with Crippen molar-refractivity contribution in [2.24, 2.45) is 5.11 Å². The van der Waals surface area contributed by atoms with Gasteiger partial charge in [0.05, 0.1) is 10.4 Å². The minimum Gasteiger partial charge on any atom is -0.241 e. The fraction of sp³-hybridized carbons (Fsp3) is 0.263. The van der Waals surface area contributed by atoms with Crippen LogP contribution in [0.4, 0.5) is 0 Å². The van der Waals surface area contributed by atoms with Gasteiger partial charge in [-0.3, -0.25) is 0 Å². The molecule has 27 heavy (non-hydrogen) atoms. The summed E-state index contributed by atoms with van der Waals surface area (Å²) in [5.41, 5.74) is 8.44. The summed E-state index contributed by atoms with van der Waals surface area (Å²) in [6.07, 6.45) is 4.92. The first-order chi connectivity index (χ1) is 13.0. The van der Waals surface area contributed by atoms with Gasteiger partial charge >= 0.3 is 0 Å². The predicted molar refractivity (Wildman–Crippen MR) is 110 cm³/mol. The molecule has 0 aliphatic rings. The van der Waals surface area contributed by atoms with E-state index in [-0.39, 0.29) is 4.90 Å². The largest absolute Gasteiger partial charge is 0.268 e. The lowest BCUT2D eigenvalue weighted by molar-refractivity contribution is 0.589. The van der Waals surface area contributed by atoms with E-state index in [1.54, 1.807) is 60.8 Å². The molecule has 0 amide bonds. The minimum atomic E-state index is -3.56. The highest BCUT2D eigenvalue weighted by Crippen LogP contribution is 2.24. The molecule has 0 fully saturated rings. The van der Waals surface area contributed by atoms with Gasteiger partial charge in [-0.15, -0.1) is 0 Å². The van der Waals surface area contributed by atoms with E-state index in [1.165, 1.54) is 16.8 Å². The third kappa shape index (κ3) is 5.50. The summed E-state index contributed by atoms with van der Waals surface area (Å²) in [6.45, 7) is 2.78. The molecule has 0 unspecified atom stereocenters. The number of fused-ring (bicyclic) bond motifs is 1. The van der Waals surface area contributed by atoms with Gasteiger partial charge in [-0.2, -0.15) is 0 Å². The number of aromatic nitrogens is 1. The number of unbranched alkanes of at least 4 members (excludes halogenated alkanes) is 2. The normalized spacial score (nSPS) is 10.7. The Bertz CT molecular complexity index is 1030. The molecule has 8 heteroatoms. The van der Waals surface area contributed by atoms with Crippen molar-refractivity contribution in [2.45, 2.75) is 31.1 Å². The monoisotopic (exact) mass is 404 g/mol. The van der Waals surface area contributed by atoms with Crippen LogP contribution in [0.3, 0.4) is 0 Å². The van der Waals surface area contributed by atoms with Crippen molar-refractivity contribution >= 4 is 32.5 Å². The highest BCUT2D eigenvalue weighted by atomic mass is 35.5. The van der Waals surface area contributed by atoms with Crippen molar-refractivity contribution in [3.8, 4) is 0 Å². The van der Waals surface area contributed by atoms with E-state index in [1.807, 2.05) is 0 Å². The third-order valence-electron chi connectivity index (χ3n) is 3.84. The molecule has 0 aliphatic carbocycles. The van der Waals surface area contributed by atoms with E-state index >= 15 is 0 Å². The molecule has 0 saturated heterocycles. The zero-order valence-corrected chi connectivity index (χ0v) is 16.6. The van der Waals surface area contributed by atoms with Crippen molar-refractivity contribution in [1.29, 1.82) is 0 Å². The number of hydrogen-bond acceptors (Lipinski definition) is 3. The summed E-state index contributed by atoms with van der Waals surface area (Å²) in [5.74, 6) is 0. The fourth-order valence-electron chi connectivity index (χ4n) is 2.48. The van der Waals surface area contributed by atoms with Crippen molar-refractivity contribution in [1.82, 2.24) is 3.97 Å². The Kier molecular flexibility index (Phi) is 7.73. The Balaban J connectivity index is 0.000000279. The molecule has 0 N–H and O–H groups in total. The lowest BCUT2D eigenvalue weighted by atomic mass is 10.2. The lowest BCUT2D eigenvalue weighted by Gasteiger charge is -2.07. The molecule has 0 saturated carbocycles. The van der Waals surface area contributed by atoms with Crippen LogP contribution in [0, 0.1) is 0 Å². The summed E-state index contributed by atoms with van der Waals surface area (Å²) in [6, 6.07) is 15.2. The topological polar surface area (TPSA) is 87.8 Å². The van der Waals surface area contributed by atoms with E-state index in [0.717, 1.165) is 11.8 Å². The Hall–Kier alpha value is -2.47. The van der Waals surface area contributed by atoms with Crippen LogP contribution >= 0.6 is 11.6 Å². The number of azide groups is 1. The Morgan fingerprint density at radius 2 is 1.85 bits per heavy atom. The Morgan fingerprint density at radius 1 is 1.11 bits per heavy atom. The van der Waals surface area contributed by atoms with Crippen LogP contribution in [0.25, 0.3) is 21.3 Å². The number of rotatable bonds is 6. The van der Waals surface area contributed by atoms with Crippen molar-refractivity contribution in [3.05, 3.63) is 76.3 Å². The van der Waals surface area contributed by atoms with E-state index in [4.69, 9.17) is 17.1 Å². The van der Waals surface area contributed by atoms with Crippen LogP contribution in [0.5, 0.6) is 0 Å². The first kappa shape index (κ1) is 20.8. The molecule has 142 valence electrons. The van der Waals surface area contributed by atoms with E-state index in [0.29, 0.717) is 17.1 Å². The SMILES string of the molecule is CCCCCN=[N+]=[N-].O=S(=O)(c1ccccc1)n1ccc2cc(Cl)ccc21. The Labute approximate surface area is 164 Å². The zero-order chi connectivity index (χ0) is 19.7. The molecule has 1 heterocycles. The standard InChI is InChI=1S/C14H10ClNO2S.C5H11N3/c15-12-6-7-14-11(10-12)8-9-16(14)19(17,18)13-4-2-1-3-5-13;1-2-3-4-5-7-8-6/h1-10H;2-5H2,1H3. The number of hydrogen-bond donors (Lipinski definition) is 0. The minimum absolute atomic E-state index is 0.266. The third-order valence-corrected chi connectivity index (χ3v) is 5.78. The fourth-order valence-corrected chi connectivity index (χ4v) is 4.04. The van der Waals surface area contributed by atoms with Crippen LogP contribution in [-0.2, 0) is 10.0 Å². The van der Waals surface area contributed by atoms with Crippen LogP contribution in [-0.4, -0.2) is 18.9 Å².